The monoisotopic (exact) mass is 282 g/mol. The minimum absolute atomic E-state index is 0.135. The molecule has 0 aromatic carbocycles. The van der Waals surface area contributed by atoms with Gasteiger partial charge < -0.3 is 10.4 Å². The highest BCUT2D eigenvalue weighted by molar-refractivity contribution is 7.17. The zero-order chi connectivity index (χ0) is 14.0. The largest absolute Gasteiger partial charge is 0.476 e. The first-order valence-electron chi connectivity index (χ1n) is 6.49. The number of hydrogen-bond donors (Lipinski definition) is 2. The first-order chi connectivity index (χ1) is 8.97. The van der Waals surface area contributed by atoms with Crippen LogP contribution in [-0.2, 0) is 0 Å². The number of Topliss-reactive ketones (excluding diaryl/α,β-unsaturated/α-hetero) is 1. The van der Waals surface area contributed by atoms with Gasteiger partial charge in [0.2, 0.25) is 0 Å². The number of aromatic carboxylic acids is 1. The number of hydrogen-bond acceptors (Lipinski definition) is 5. The van der Waals surface area contributed by atoms with Gasteiger partial charge in [0.1, 0.15) is 4.88 Å². The van der Waals surface area contributed by atoms with E-state index in [1.54, 1.807) is 0 Å². The van der Waals surface area contributed by atoms with E-state index in [0.29, 0.717) is 17.1 Å². The third-order valence-corrected chi connectivity index (χ3v) is 4.50. The lowest BCUT2D eigenvalue weighted by atomic mass is 9.87. The van der Waals surface area contributed by atoms with Gasteiger partial charge in [0.05, 0.1) is 0 Å². The van der Waals surface area contributed by atoms with Gasteiger partial charge in [-0.2, -0.15) is 0 Å². The molecular weight excluding hydrogens is 264 g/mol. The second kappa shape index (κ2) is 5.69. The number of aromatic nitrogens is 1. The molecule has 1 fully saturated rings. The van der Waals surface area contributed by atoms with Crippen LogP contribution in [0.15, 0.2) is 0 Å². The van der Waals surface area contributed by atoms with Crippen LogP contribution in [0.25, 0.3) is 0 Å². The maximum absolute atomic E-state index is 11.4. The normalized spacial score (nSPS) is 23.1. The Morgan fingerprint density at radius 1 is 1.42 bits per heavy atom. The number of carboxylic acids is 1. The van der Waals surface area contributed by atoms with E-state index in [1.165, 1.54) is 19.8 Å². The first-order valence-corrected chi connectivity index (χ1v) is 7.30. The van der Waals surface area contributed by atoms with E-state index in [9.17, 15) is 9.59 Å². The molecule has 5 nitrogen and oxygen atoms in total. The lowest BCUT2D eigenvalue weighted by molar-refractivity contribution is 0.0687. The fraction of sp³-hybridized carbons (Fsp3) is 0.615. The minimum Gasteiger partial charge on any atom is -0.476 e. The van der Waals surface area contributed by atoms with Gasteiger partial charge in [-0.25, -0.2) is 9.78 Å². The van der Waals surface area contributed by atoms with Crippen molar-refractivity contribution in [3.05, 3.63) is 10.6 Å². The van der Waals surface area contributed by atoms with Crippen molar-refractivity contribution in [2.75, 3.05) is 5.32 Å². The molecule has 0 spiro atoms. The number of anilines is 1. The van der Waals surface area contributed by atoms with Crippen molar-refractivity contribution in [1.82, 2.24) is 4.98 Å². The molecule has 2 N–H and O–H groups in total. The highest BCUT2D eigenvalue weighted by Crippen LogP contribution is 2.29. The molecule has 1 aliphatic rings. The summed E-state index contributed by atoms with van der Waals surface area (Å²) in [5.41, 5.74) is -0.135. The van der Waals surface area contributed by atoms with Crippen LogP contribution < -0.4 is 5.32 Å². The van der Waals surface area contributed by atoms with Crippen molar-refractivity contribution in [2.24, 2.45) is 5.92 Å². The summed E-state index contributed by atoms with van der Waals surface area (Å²) in [5, 5.41) is 12.9. The van der Waals surface area contributed by atoms with E-state index in [0.717, 1.165) is 24.2 Å². The van der Waals surface area contributed by atoms with E-state index in [1.807, 2.05) is 0 Å². The molecule has 0 saturated heterocycles. The summed E-state index contributed by atoms with van der Waals surface area (Å²) in [4.78, 5) is 26.7. The zero-order valence-corrected chi connectivity index (χ0v) is 11.9. The standard InChI is InChI=1S/C13H18N2O3S/c1-7-4-3-5-9(6-7)14-13-15-10(12(17)18)11(19-13)8(2)16/h7,9H,3-6H2,1-2H3,(H,14,15)(H,17,18). The predicted molar refractivity (Wildman–Crippen MR) is 74.1 cm³/mol. The number of nitrogens with one attached hydrogen (secondary N) is 1. The highest BCUT2D eigenvalue weighted by atomic mass is 32.1. The first kappa shape index (κ1) is 14.0. The quantitative estimate of drug-likeness (QED) is 0.830. The summed E-state index contributed by atoms with van der Waals surface area (Å²) < 4.78 is 0. The molecule has 19 heavy (non-hydrogen) atoms. The summed E-state index contributed by atoms with van der Waals surface area (Å²) in [5.74, 6) is -0.719. The van der Waals surface area contributed by atoms with Gasteiger partial charge in [-0.15, -0.1) is 0 Å². The Labute approximate surface area is 116 Å². The minimum atomic E-state index is -1.15. The molecule has 1 aromatic rings. The van der Waals surface area contributed by atoms with Crippen molar-refractivity contribution < 1.29 is 14.7 Å². The van der Waals surface area contributed by atoms with Gasteiger partial charge in [0.15, 0.2) is 16.6 Å². The molecule has 1 saturated carbocycles. The second-order valence-electron chi connectivity index (χ2n) is 5.17. The Morgan fingerprint density at radius 2 is 2.16 bits per heavy atom. The van der Waals surface area contributed by atoms with Gasteiger partial charge in [-0.05, 0) is 18.8 Å². The average molecular weight is 282 g/mol. The molecule has 0 amide bonds. The number of thiazole rings is 1. The van der Waals surface area contributed by atoms with Crippen LogP contribution >= 0.6 is 11.3 Å². The Morgan fingerprint density at radius 3 is 2.68 bits per heavy atom. The van der Waals surface area contributed by atoms with Gasteiger partial charge >= 0.3 is 5.97 Å². The maximum Gasteiger partial charge on any atom is 0.356 e. The number of ketones is 1. The van der Waals surface area contributed by atoms with Crippen molar-refractivity contribution >= 4 is 28.2 Å². The third-order valence-electron chi connectivity index (χ3n) is 3.41. The Kier molecular flexibility index (Phi) is 4.19. The van der Waals surface area contributed by atoms with Crippen LogP contribution in [0.2, 0.25) is 0 Å². The third kappa shape index (κ3) is 3.32. The molecule has 2 atom stereocenters. The number of nitrogens with zero attached hydrogens (tertiary/aromatic N) is 1. The van der Waals surface area contributed by atoms with Crippen molar-refractivity contribution in [1.29, 1.82) is 0 Å². The Bertz CT molecular complexity index is 467. The van der Waals surface area contributed by atoms with Gasteiger partial charge in [-0.3, -0.25) is 4.79 Å². The van der Waals surface area contributed by atoms with Crippen molar-refractivity contribution in [2.45, 2.75) is 45.6 Å². The summed E-state index contributed by atoms with van der Waals surface area (Å²) in [7, 11) is 0. The molecule has 0 radical (unpaired) electrons. The summed E-state index contributed by atoms with van der Waals surface area (Å²) >= 11 is 1.14. The van der Waals surface area contributed by atoms with Gasteiger partial charge in [0.25, 0.3) is 0 Å². The molecule has 1 heterocycles. The van der Waals surface area contributed by atoms with Gasteiger partial charge in [0, 0.05) is 13.0 Å². The SMILES string of the molecule is CC(=O)c1sc(NC2CCCC(C)C2)nc1C(=O)O. The maximum atomic E-state index is 11.4. The molecule has 104 valence electrons. The molecule has 6 heteroatoms. The molecule has 0 aliphatic heterocycles. The van der Waals surface area contributed by atoms with Crippen LogP contribution in [0.4, 0.5) is 5.13 Å². The molecule has 1 aliphatic carbocycles. The second-order valence-corrected chi connectivity index (χ2v) is 6.17. The zero-order valence-electron chi connectivity index (χ0n) is 11.1. The van der Waals surface area contributed by atoms with E-state index in [-0.39, 0.29) is 16.4 Å². The van der Waals surface area contributed by atoms with E-state index in [4.69, 9.17) is 5.11 Å². The summed E-state index contributed by atoms with van der Waals surface area (Å²) in [6.45, 7) is 3.59. The average Bonchev–Trinajstić information content (AvgIpc) is 2.73. The van der Waals surface area contributed by atoms with Crippen LogP contribution in [0.5, 0.6) is 0 Å². The number of rotatable bonds is 4. The molecule has 0 bridgehead atoms. The van der Waals surface area contributed by atoms with Crippen LogP contribution in [-0.4, -0.2) is 27.9 Å². The topological polar surface area (TPSA) is 79.3 Å². The Balaban J connectivity index is 2.14. The van der Waals surface area contributed by atoms with Crippen LogP contribution in [0.3, 0.4) is 0 Å². The van der Waals surface area contributed by atoms with Crippen LogP contribution in [0.1, 0.15) is 59.7 Å². The predicted octanol–water partition coefficient (Wildman–Crippen LogP) is 3.03. The van der Waals surface area contributed by atoms with E-state index >= 15 is 0 Å². The molecular formula is C13H18N2O3S. The lowest BCUT2D eigenvalue weighted by Crippen LogP contribution is -2.26. The number of carboxylic acid groups (broad SMARTS) is 1. The Hall–Kier alpha value is -1.43. The van der Waals surface area contributed by atoms with Crippen molar-refractivity contribution in [3.8, 4) is 0 Å². The van der Waals surface area contributed by atoms with E-state index < -0.39 is 5.97 Å². The summed E-state index contributed by atoms with van der Waals surface area (Å²) in [6.07, 6.45) is 4.56. The van der Waals surface area contributed by atoms with Gasteiger partial charge in [-0.1, -0.05) is 31.1 Å². The summed E-state index contributed by atoms with van der Waals surface area (Å²) in [6, 6.07) is 0.330. The molecule has 2 unspecified atom stereocenters. The number of carbonyl (C=O) groups is 2. The fourth-order valence-electron chi connectivity index (χ4n) is 2.51. The molecule has 2 rings (SSSR count). The lowest BCUT2D eigenvalue weighted by Gasteiger charge is -2.27. The fourth-order valence-corrected chi connectivity index (χ4v) is 3.43. The van der Waals surface area contributed by atoms with Crippen molar-refractivity contribution in [3.63, 3.8) is 0 Å². The van der Waals surface area contributed by atoms with Crippen LogP contribution in [0, 0.1) is 5.92 Å². The highest BCUT2D eigenvalue weighted by Gasteiger charge is 2.23. The molecule has 1 aromatic heterocycles. The number of carbonyl (C=O) groups excluding carboxylic acids is 1. The smallest absolute Gasteiger partial charge is 0.356 e. The van der Waals surface area contributed by atoms with E-state index in [2.05, 4.69) is 17.2 Å².